The van der Waals surface area contributed by atoms with Crippen LogP contribution in [0.25, 0.3) is 22.0 Å². The van der Waals surface area contributed by atoms with E-state index in [1.165, 1.54) is 22.3 Å². The van der Waals surface area contributed by atoms with Crippen molar-refractivity contribution >= 4 is 28.0 Å². The highest BCUT2D eigenvalue weighted by Crippen LogP contribution is 2.35. The number of hydrogen-bond donors (Lipinski definition) is 2. The highest BCUT2D eigenvalue weighted by Gasteiger charge is 2.27. The molecule has 0 saturated heterocycles. The molecule has 7 nitrogen and oxygen atoms in total. The Morgan fingerprint density at radius 1 is 1.19 bits per heavy atom. The Hall–Kier alpha value is -3.22. The minimum atomic E-state index is 0.147. The van der Waals surface area contributed by atoms with E-state index in [2.05, 4.69) is 61.7 Å². The van der Waals surface area contributed by atoms with Crippen molar-refractivity contribution in [2.45, 2.75) is 65.0 Å². The van der Waals surface area contributed by atoms with Gasteiger partial charge in [-0.15, -0.1) is 5.10 Å². The second-order valence-corrected chi connectivity index (χ2v) is 9.11. The quantitative estimate of drug-likeness (QED) is 0.606. The molecule has 2 N–H and O–H groups in total. The number of allylic oxidation sites excluding steroid dienone is 4. The molecule has 2 aliphatic carbocycles. The molecule has 1 fully saturated rings. The van der Waals surface area contributed by atoms with E-state index in [0.29, 0.717) is 18.4 Å². The van der Waals surface area contributed by atoms with Gasteiger partial charge in [0, 0.05) is 24.4 Å². The lowest BCUT2D eigenvalue weighted by Gasteiger charge is -2.18. The summed E-state index contributed by atoms with van der Waals surface area (Å²) < 4.78 is 2.06. The lowest BCUT2D eigenvalue weighted by Crippen LogP contribution is -2.32. The third kappa shape index (κ3) is 4.11. The summed E-state index contributed by atoms with van der Waals surface area (Å²) in [4.78, 5) is 11.7. The fourth-order valence-electron chi connectivity index (χ4n) is 5.11. The van der Waals surface area contributed by atoms with Crippen molar-refractivity contribution in [3.8, 4) is 0 Å². The Labute approximate surface area is 188 Å². The first-order chi connectivity index (χ1) is 15.6. The summed E-state index contributed by atoms with van der Waals surface area (Å²) in [7, 11) is 0. The van der Waals surface area contributed by atoms with Crippen molar-refractivity contribution in [2.75, 3.05) is 0 Å². The topological polar surface area (TPSA) is 88.5 Å². The molecule has 1 saturated carbocycles. The largest absolute Gasteiger partial charge is 0.353 e. The maximum Gasteiger partial charge on any atom is 0.219 e. The molecule has 2 unspecified atom stereocenters. The third-order valence-electron chi connectivity index (χ3n) is 6.89. The zero-order chi connectivity index (χ0) is 22.1. The van der Waals surface area contributed by atoms with Crippen LogP contribution in [-0.4, -0.2) is 37.1 Å². The second kappa shape index (κ2) is 8.73. The number of aromatic nitrogens is 5. The molecule has 5 rings (SSSR count). The van der Waals surface area contributed by atoms with Gasteiger partial charge in [0.05, 0.1) is 23.6 Å². The predicted molar refractivity (Wildman–Crippen MR) is 126 cm³/mol. The van der Waals surface area contributed by atoms with Crippen molar-refractivity contribution in [2.24, 2.45) is 5.92 Å². The first-order valence-corrected chi connectivity index (χ1v) is 11.6. The summed E-state index contributed by atoms with van der Waals surface area (Å²) in [5.74, 6) is 0.673. The second-order valence-electron chi connectivity index (χ2n) is 9.11. The number of fused-ring (bicyclic) bond motifs is 1. The molecule has 2 atom stereocenters. The molecule has 0 bridgehead atoms. The Bertz CT molecular complexity index is 1200. The van der Waals surface area contributed by atoms with Crippen LogP contribution in [0, 0.1) is 12.8 Å². The fourth-order valence-corrected chi connectivity index (χ4v) is 5.11. The van der Waals surface area contributed by atoms with Gasteiger partial charge in [0.15, 0.2) is 0 Å². The maximum atomic E-state index is 11.7. The summed E-state index contributed by atoms with van der Waals surface area (Å²) in [5.41, 5.74) is 7.41. The van der Waals surface area contributed by atoms with Crippen LogP contribution in [0.5, 0.6) is 0 Å². The van der Waals surface area contributed by atoms with Gasteiger partial charge in [0.2, 0.25) is 5.91 Å². The number of nitrogens with zero attached hydrogens (tertiary/aromatic N) is 4. The first-order valence-electron chi connectivity index (χ1n) is 11.6. The Balaban J connectivity index is 1.30. The SMILES string of the molecule is CCC(=O)NC1CCC(Cn2nncc2C2=CC=C(c3cc4cn[nH]c4cc3C)CC2)C1. The summed E-state index contributed by atoms with van der Waals surface area (Å²) >= 11 is 0. The molecule has 0 aliphatic heterocycles. The van der Waals surface area contributed by atoms with E-state index in [1.54, 1.807) is 0 Å². The lowest BCUT2D eigenvalue weighted by atomic mass is 9.89. The number of amides is 1. The van der Waals surface area contributed by atoms with Crippen molar-refractivity contribution < 1.29 is 4.79 Å². The summed E-state index contributed by atoms with van der Waals surface area (Å²) in [6, 6.07) is 4.71. The van der Waals surface area contributed by atoms with Gasteiger partial charge in [-0.1, -0.05) is 24.3 Å². The smallest absolute Gasteiger partial charge is 0.219 e. The number of nitrogens with one attached hydrogen (secondary N) is 2. The summed E-state index contributed by atoms with van der Waals surface area (Å²) in [6.07, 6.45) is 14.0. The van der Waals surface area contributed by atoms with E-state index < -0.39 is 0 Å². The van der Waals surface area contributed by atoms with Gasteiger partial charge in [0.25, 0.3) is 0 Å². The molecule has 7 heteroatoms. The van der Waals surface area contributed by atoms with E-state index in [9.17, 15) is 4.79 Å². The van der Waals surface area contributed by atoms with Gasteiger partial charge < -0.3 is 5.32 Å². The zero-order valence-corrected chi connectivity index (χ0v) is 18.8. The van der Waals surface area contributed by atoms with E-state index in [1.807, 2.05) is 19.3 Å². The van der Waals surface area contributed by atoms with E-state index in [0.717, 1.165) is 55.2 Å². The molecule has 0 spiro atoms. The van der Waals surface area contributed by atoms with Crippen molar-refractivity contribution in [3.05, 3.63) is 53.5 Å². The summed E-state index contributed by atoms with van der Waals surface area (Å²) in [6.45, 7) is 4.92. The van der Waals surface area contributed by atoms with Crippen LogP contribution >= 0.6 is 0 Å². The monoisotopic (exact) mass is 430 g/mol. The minimum absolute atomic E-state index is 0.147. The Kier molecular flexibility index (Phi) is 5.64. The highest BCUT2D eigenvalue weighted by molar-refractivity contribution is 5.86. The van der Waals surface area contributed by atoms with E-state index >= 15 is 0 Å². The molecule has 0 radical (unpaired) electrons. The highest BCUT2D eigenvalue weighted by atomic mass is 16.1. The number of hydrogen-bond acceptors (Lipinski definition) is 4. The van der Waals surface area contributed by atoms with Crippen molar-refractivity contribution in [1.29, 1.82) is 0 Å². The van der Waals surface area contributed by atoms with Crippen LogP contribution in [-0.2, 0) is 11.3 Å². The van der Waals surface area contributed by atoms with Gasteiger partial charge in [-0.25, -0.2) is 4.68 Å². The van der Waals surface area contributed by atoms with Gasteiger partial charge in [-0.3, -0.25) is 9.89 Å². The zero-order valence-electron chi connectivity index (χ0n) is 18.8. The molecular formula is C25H30N6O. The van der Waals surface area contributed by atoms with Crippen molar-refractivity contribution in [1.82, 2.24) is 30.5 Å². The molecular weight excluding hydrogens is 400 g/mol. The van der Waals surface area contributed by atoms with Crippen LogP contribution in [0.3, 0.4) is 0 Å². The van der Waals surface area contributed by atoms with Gasteiger partial charge in [-0.05, 0) is 79.4 Å². The van der Waals surface area contributed by atoms with Gasteiger partial charge in [-0.2, -0.15) is 5.10 Å². The average molecular weight is 431 g/mol. The predicted octanol–water partition coefficient (Wildman–Crippen LogP) is 4.42. The number of carbonyl (C=O) groups excluding carboxylic acids is 1. The molecule has 3 aromatic rings. The number of aryl methyl sites for hydroxylation is 1. The Morgan fingerprint density at radius 2 is 2.03 bits per heavy atom. The minimum Gasteiger partial charge on any atom is -0.353 e. The van der Waals surface area contributed by atoms with Crippen LogP contribution in [0.4, 0.5) is 0 Å². The van der Waals surface area contributed by atoms with Crippen LogP contribution in [0.1, 0.15) is 62.3 Å². The fraction of sp³-hybridized carbons (Fsp3) is 0.440. The third-order valence-corrected chi connectivity index (χ3v) is 6.89. The molecule has 2 heterocycles. The molecule has 32 heavy (non-hydrogen) atoms. The Morgan fingerprint density at radius 3 is 2.84 bits per heavy atom. The normalized spacial score (nSPS) is 20.9. The maximum absolute atomic E-state index is 11.7. The number of H-pyrrole nitrogens is 1. The number of carbonyl (C=O) groups is 1. The van der Waals surface area contributed by atoms with Gasteiger partial charge >= 0.3 is 0 Å². The molecule has 2 aliphatic rings. The first kappa shape index (κ1) is 20.7. The van der Waals surface area contributed by atoms with Crippen molar-refractivity contribution in [3.63, 3.8) is 0 Å². The van der Waals surface area contributed by atoms with E-state index in [4.69, 9.17) is 0 Å². The number of aromatic amines is 1. The lowest BCUT2D eigenvalue weighted by molar-refractivity contribution is -0.121. The number of benzene rings is 1. The van der Waals surface area contributed by atoms with Crippen LogP contribution < -0.4 is 5.32 Å². The summed E-state index contributed by atoms with van der Waals surface area (Å²) in [5, 5.41) is 20.1. The molecule has 166 valence electrons. The van der Waals surface area contributed by atoms with Crippen LogP contribution in [0.2, 0.25) is 0 Å². The standard InChI is InChI=1S/C25H30N6O/c1-3-25(32)28-21-9-4-17(11-21)15-31-24(14-27-30-31)19-7-5-18(6-8-19)22-12-20-13-26-29-23(20)10-16(22)2/h5,7,10,12-14,17,21H,3-4,6,8-9,11,15H2,1-2H3,(H,26,29)(H,28,32). The average Bonchev–Trinajstić information content (AvgIpc) is 3.55. The molecule has 2 aromatic heterocycles. The van der Waals surface area contributed by atoms with Gasteiger partial charge in [0.1, 0.15) is 0 Å². The van der Waals surface area contributed by atoms with E-state index in [-0.39, 0.29) is 5.91 Å². The molecule has 1 aromatic carbocycles. The van der Waals surface area contributed by atoms with Crippen LogP contribution in [0.15, 0.2) is 36.7 Å². The molecule has 1 amide bonds. The number of rotatable bonds is 6.